The molecule has 2 aromatic heterocycles. The van der Waals surface area contributed by atoms with Gasteiger partial charge in [0.25, 0.3) is 0 Å². The molecule has 0 aliphatic carbocycles. The molecule has 0 unspecified atom stereocenters. The maximum absolute atomic E-state index is 13.9. The first-order chi connectivity index (χ1) is 24.7. The summed E-state index contributed by atoms with van der Waals surface area (Å²) >= 11 is 0. The van der Waals surface area contributed by atoms with E-state index in [-0.39, 0.29) is 56.1 Å². The zero-order chi connectivity index (χ0) is 34.1. The molecule has 0 fully saturated rings. The average molecular weight is 796 g/mol. The van der Waals surface area contributed by atoms with Gasteiger partial charge in [-0.05, 0) is 72.6 Å². The van der Waals surface area contributed by atoms with Crippen LogP contribution in [0.4, 0.5) is 0 Å². The van der Waals surface area contributed by atoms with E-state index in [2.05, 4.69) is 121 Å². The Labute approximate surface area is 315 Å². The molecule has 256 valence electrons. The first-order valence-electron chi connectivity index (χ1n) is 16.6. The number of carbonyl (C=O) groups excluding carboxylic acids is 2. The molecule has 7 heteroatoms. The van der Waals surface area contributed by atoms with Crippen molar-refractivity contribution in [2.75, 3.05) is 0 Å². The summed E-state index contributed by atoms with van der Waals surface area (Å²) in [6.07, 6.45) is 3.57. The van der Waals surface area contributed by atoms with Gasteiger partial charge in [-0.3, -0.25) is 9.59 Å². The van der Waals surface area contributed by atoms with Crippen LogP contribution in [0.15, 0.2) is 185 Å². The maximum atomic E-state index is 13.9. The quantitative estimate of drug-likeness (QED) is 0.0477. The minimum absolute atomic E-state index is 0. The summed E-state index contributed by atoms with van der Waals surface area (Å²) in [5.74, 6) is 0.582. The summed E-state index contributed by atoms with van der Waals surface area (Å²) in [5.41, 5.74) is 1.45. The Morgan fingerprint density at radius 1 is 0.451 bits per heavy atom. The van der Waals surface area contributed by atoms with Gasteiger partial charge in [-0.15, -0.1) is 0 Å². The van der Waals surface area contributed by atoms with Crippen LogP contribution < -0.4 is 21.2 Å². The monoisotopic (exact) mass is 795 g/mol. The third-order valence-electron chi connectivity index (χ3n) is 8.67. The van der Waals surface area contributed by atoms with Crippen molar-refractivity contribution >= 4 is 48.6 Å². The molecule has 0 saturated carbocycles. The molecule has 0 spiro atoms. The molecule has 7 aromatic rings. The molecule has 0 saturated heterocycles. The Kier molecular flexibility index (Phi) is 12.6. The van der Waals surface area contributed by atoms with Crippen molar-refractivity contribution in [2.24, 2.45) is 0 Å². The predicted octanol–water partition coefficient (Wildman–Crippen LogP) is 9.56. The van der Waals surface area contributed by atoms with E-state index in [0.29, 0.717) is 11.5 Å². The number of Topliss-reactive ketones (excluding diaryl/α,β-unsaturated/α-hetero) is 2. The zero-order valence-corrected chi connectivity index (χ0v) is 31.0. The third kappa shape index (κ3) is 8.71. The van der Waals surface area contributed by atoms with Crippen LogP contribution in [0.25, 0.3) is 0 Å². The van der Waals surface area contributed by atoms with E-state index in [0.717, 1.165) is 11.1 Å². The van der Waals surface area contributed by atoms with Gasteiger partial charge < -0.3 is 8.83 Å². The van der Waals surface area contributed by atoms with Gasteiger partial charge in [0.15, 0.2) is 23.1 Å². The van der Waals surface area contributed by atoms with Crippen LogP contribution >= 0.6 is 15.8 Å². The summed E-state index contributed by atoms with van der Waals surface area (Å²) in [7, 11) is -2.10. The average Bonchev–Trinajstić information content (AvgIpc) is 3.93. The van der Waals surface area contributed by atoms with Crippen molar-refractivity contribution in [3.05, 3.63) is 205 Å². The molecular formula is C44H35O4P2Pd-. The summed E-state index contributed by atoms with van der Waals surface area (Å²) in [6.45, 7) is 0. The topological polar surface area (TPSA) is 60.4 Å². The van der Waals surface area contributed by atoms with E-state index in [4.69, 9.17) is 8.83 Å². The molecule has 4 nitrogen and oxygen atoms in total. The molecule has 0 aliphatic heterocycles. The second kappa shape index (κ2) is 17.6. The fourth-order valence-corrected chi connectivity index (χ4v) is 11.9. The Morgan fingerprint density at radius 3 is 1.08 bits per heavy atom. The summed E-state index contributed by atoms with van der Waals surface area (Å²) < 4.78 is 11.2. The summed E-state index contributed by atoms with van der Waals surface area (Å²) in [6, 6.07) is 58.8. The van der Waals surface area contributed by atoms with E-state index in [9.17, 15) is 9.59 Å². The molecule has 2 heterocycles. The first kappa shape index (κ1) is 36.3. The van der Waals surface area contributed by atoms with E-state index in [1.165, 1.54) is 21.2 Å². The smallest absolute Gasteiger partial charge is 0.198 e. The Balaban J connectivity index is 0.00000448. The maximum Gasteiger partial charge on any atom is 0.198 e. The second-order valence-electron chi connectivity index (χ2n) is 11.9. The van der Waals surface area contributed by atoms with Gasteiger partial charge >= 0.3 is 0 Å². The molecule has 0 N–H and O–H groups in total. The largest absolute Gasteiger partial charge is 0.461 e. The minimum Gasteiger partial charge on any atom is -0.461 e. The molecule has 7 rings (SSSR count). The molecule has 0 aliphatic rings. The number of ketones is 2. The van der Waals surface area contributed by atoms with Gasteiger partial charge in [0.05, 0.1) is 12.5 Å². The van der Waals surface area contributed by atoms with Crippen molar-refractivity contribution in [1.29, 1.82) is 0 Å². The van der Waals surface area contributed by atoms with Crippen molar-refractivity contribution < 1.29 is 38.8 Å². The molecule has 0 radical (unpaired) electrons. The van der Waals surface area contributed by atoms with E-state index >= 15 is 0 Å². The van der Waals surface area contributed by atoms with Crippen LogP contribution in [0.5, 0.6) is 0 Å². The van der Waals surface area contributed by atoms with Crippen molar-refractivity contribution in [2.45, 2.75) is 24.2 Å². The normalized spacial score (nSPS) is 12.3. The predicted molar refractivity (Wildman–Crippen MR) is 204 cm³/mol. The first-order valence-corrected chi connectivity index (χ1v) is 19.4. The number of carbonyl (C=O) groups is 2. The summed E-state index contributed by atoms with van der Waals surface area (Å²) in [4.78, 5) is 27.8. The number of hydrogen-bond acceptors (Lipinski definition) is 4. The van der Waals surface area contributed by atoms with Gasteiger partial charge in [0, 0.05) is 33.3 Å². The Hall–Kier alpha value is -4.48. The van der Waals surface area contributed by atoms with Crippen molar-refractivity contribution in [3.63, 3.8) is 0 Å². The third-order valence-corrected chi connectivity index (χ3v) is 14.3. The van der Waals surface area contributed by atoms with Crippen LogP contribution in [-0.4, -0.2) is 11.6 Å². The zero-order valence-electron chi connectivity index (χ0n) is 27.7. The van der Waals surface area contributed by atoms with Gasteiger partial charge in [-0.1, -0.05) is 121 Å². The van der Waals surface area contributed by atoms with Crippen LogP contribution in [-0.2, 0) is 20.4 Å². The van der Waals surface area contributed by atoms with Crippen molar-refractivity contribution in [3.8, 4) is 0 Å². The van der Waals surface area contributed by atoms with E-state index in [1.807, 2.05) is 24.3 Å². The van der Waals surface area contributed by atoms with E-state index in [1.54, 1.807) is 36.8 Å². The molecule has 2 atom stereocenters. The fraction of sp³-hybridized carbons (Fsp3) is 0.0909. The van der Waals surface area contributed by atoms with Gasteiger partial charge in [0.2, 0.25) is 0 Å². The fourth-order valence-electron chi connectivity index (χ4n) is 6.37. The number of benzene rings is 5. The molecule has 0 bridgehead atoms. The van der Waals surface area contributed by atoms with Crippen LogP contribution in [0.3, 0.4) is 0 Å². The molecule has 51 heavy (non-hydrogen) atoms. The number of hydrogen-bond donors (Lipinski definition) is 0. The molecule has 5 aromatic carbocycles. The molecule has 0 amide bonds. The number of furan rings is 2. The Bertz CT molecular complexity index is 1880. The van der Waals surface area contributed by atoms with Crippen LogP contribution in [0, 0.1) is 6.07 Å². The molecular weight excluding hydrogens is 761 g/mol. The SMILES string of the molecule is O=C(C[C@H](c1[c-]c([C@@H](CC(=O)c2ccco2)P(c2ccccc2)c2ccccc2)ccc1)P(c1ccccc1)c1ccccc1)c1ccco1.[Pd]. The second-order valence-corrected chi connectivity index (χ2v) is 16.7. The Morgan fingerprint density at radius 2 is 0.784 bits per heavy atom. The van der Waals surface area contributed by atoms with Crippen molar-refractivity contribution in [1.82, 2.24) is 0 Å². The van der Waals surface area contributed by atoms with Gasteiger partial charge in [-0.2, -0.15) is 35.4 Å². The van der Waals surface area contributed by atoms with Gasteiger partial charge in [-0.25, -0.2) is 0 Å². The van der Waals surface area contributed by atoms with Crippen LogP contribution in [0.1, 0.15) is 56.4 Å². The minimum atomic E-state index is -1.05. The van der Waals surface area contributed by atoms with E-state index < -0.39 is 15.8 Å². The summed E-state index contributed by atoms with van der Waals surface area (Å²) in [5, 5.41) is 4.69. The number of rotatable bonds is 14. The van der Waals surface area contributed by atoms with Crippen LogP contribution in [0.2, 0.25) is 0 Å². The van der Waals surface area contributed by atoms with Gasteiger partial charge in [0.1, 0.15) is 0 Å². The standard InChI is InChI=1S/C44H35O4P2.Pd/c45-39(41-26-14-28-47-41)31-43(49(35-18-5-1-6-19-35)36-20-7-2-8-21-36)33-16-13-17-34(30-33)44(32-40(46)42-27-15-29-48-42)50(37-22-9-3-10-23-37)38-24-11-4-12-25-38;/h1-29,43-44H,31-32H2;/q-1;/t43-,44-;/m1./s1.